The first-order chi connectivity index (χ1) is 30.4. The lowest BCUT2D eigenvalue weighted by molar-refractivity contribution is -0.140. The van der Waals surface area contributed by atoms with Crippen molar-refractivity contribution < 1.29 is 67.4 Å². The summed E-state index contributed by atoms with van der Waals surface area (Å²) >= 11 is 0. The van der Waals surface area contributed by atoms with Crippen molar-refractivity contribution in [2.75, 3.05) is 46.8 Å². The molecule has 0 heterocycles. The third-order valence-corrected chi connectivity index (χ3v) is 7.13. The van der Waals surface area contributed by atoms with Gasteiger partial charge in [0.1, 0.15) is 0 Å². The molecule has 0 aliphatic carbocycles. The molecule has 0 unspecified atom stereocenters. The van der Waals surface area contributed by atoms with E-state index in [4.69, 9.17) is 24.4 Å². The van der Waals surface area contributed by atoms with E-state index in [0.29, 0.717) is 49.6 Å². The summed E-state index contributed by atoms with van der Waals surface area (Å²) in [5, 5.41) is 17.2. The number of aliphatic hydroxyl groups is 2. The maximum atomic E-state index is 11.3. The van der Waals surface area contributed by atoms with Gasteiger partial charge >= 0.3 is 35.8 Å². The molecule has 0 amide bonds. The van der Waals surface area contributed by atoms with Crippen LogP contribution in [-0.4, -0.2) is 92.8 Å². The standard InChI is InChI=1S/C13H14O3.C11H20O2.C8H14O2.C7H12O2.C6H10O3.C5H8O2/c1-2-16-13(15)12(10-14)9-8-11-6-4-3-5-7-11;1-4-6-7-8-9-13-11(12)10(3)5-2;1-4-5-6-10-8(9)7(2)3;1-3-5-6-9-7(8)4-2;1-3-9-6(8)5(2)4-7;1-4(2)5(6)7-3/h3-10,14H,2H2,1H3;3-9H2,1-2H3;2,4-6H2,1,3H3;4H,2-3,5-6H2,1H3;7H,2-4H2,1H3;1H2,2-3H3. The molecule has 0 spiro atoms. The topological polar surface area (TPSA) is 198 Å². The fourth-order valence-electron chi connectivity index (χ4n) is 3.35. The molecule has 0 aromatic heterocycles. The third kappa shape index (κ3) is 47.0. The smallest absolute Gasteiger partial charge is 0.341 e. The van der Waals surface area contributed by atoms with Gasteiger partial charge in [-0.15, -0.1) is 0 Å². The fourth-order valence-corrected chi connectivity index (χ4v) is 3.35. The molecule has 1 rings (SSSR count). The minimum atomic E-state index is -0.530. The van der Waals surface area contributed by atoms with Gasteiger partial charge in [0.2, 0.25) is 0 Å². The number of rotatable bonds is 23. The van der Waals surface area contributed by atoms with Crippen LogP contribution < -0.4 is 0 Å². The van der Waals surface area contributed by atoms with E-state index in [2.05, 4.69) is 61.0 Å². The highest BCUT2D eigenvalue weighted by atomic mass is 16.5. The lowest BCUT2D eigenvalue weighted by Gasteiger charge is -2.04. The molecule has 0 aliphatic heterocycles. The summed E-state index contributed by atoms with van der Waals surface area (Å²) in [6.45, 7) is 33.6. The average Bonchev–Trinajstić information content (AvgIpc) is 3.29. The lowest BCUT2D eigenvalue weighted by atomic mass is 10.2. The van der Waals surface area contributed by atoms with E-state index in [1.54, 1.807) is 33.8 Å². The van der Waals surface area contributed by atoms with Crippen LogP contribution in [0.4, 0.5) is 0 Å². The van der Waals surface area contributed by atoms with Crippen LogP contribution in [-0.2, 0) is 57.2 Å². The van der Waals surface area contributed by atoms with Gasteiger partial charge in [0.15, 0.2) is 0 Å². The summed E-state index contributed by atoms with van der Waals surface area (Å²) in [6.07, 6.45) is 14.3. The Bertz CT molecular complexity index is 1550. The number of benzene rings is 1. The number of esters is 6. The van der Waals surface area contributed by atoms with E-state index in [1.807, 2.05) is 44.2 Å². The Morgan fingerprint density at radius 1 is 0.594 bits per heavy atom. The molecule has 1 aromatic carbocycles. The van der Waals surface area contributed by atoms with E-state index < -0.39 is 11.9 Å². The maximum Gasteiger partial charge on any atom is 0.341 e. The van der Waals surface area contributed by atoms with Crippen molar-refractivity contribution in [2.45, 2.75) is 113 Å². The van der Waals surface area contributed by atoms with Crippen LogP contribution in [0.2, 0.25) is 0 Å². The van der Waals surface area contributed by atoms with Crippen molar-refractivity contribution in [3.63, 3.8) is 0 Å². The van der Waals surface area contributed by atoms with E-state index >= 15 is 0 Å². The van der Waals surface area contributed by atoms with Crippen LogP contribution >= 0.6 is 0 Å². The summed E-state index contributed by atoms with van der Waals surface area (Å²) in [7, 11) is 1.33. The molecular weight excluding hydrogens is 825 g/mol. The number of hydrogen-bond donors (Lipinski definition) is 2. The number of carbonyl (C=O) groups is 6. The highest BCUT2D eigenvalue weighted by Gasteiger charge is 2.07. The Morgan fingerprint density at radius 2 is 1.06 bits per heavy atom. The maximum absolute atomic E-state index is 11.3. The van der Waals surface area contributed by atoms with Gasteiger partial charge in [0, 0.05) is 22.8 Å². The minimum Gasteiger partial charge on any atom is -0.515 e. The van der Waals surface area contributed by atoms with E-state index in [1.165, 1.54) is 32.1 Å². The van der Waals surface area contributed by atoms with Crippen LogP contribution in [0.3, 0.4) is 0 Å². The van der Waals surface area contributed by atoms with Gasteiger partial charge in [-0.1, -0.05) is 129 Å². The number of ether oxygens (including phenoxy) is 6. The Hall–Kier alpha value is -6.02. The third-order valence-electron chi connectivity index (χ3n) is 7.13. The second-order valence-electron chi connectivity index (χ2n) is 13.0. The molecule has 0 saturated heterocycles. The first-order valence-electron chi connectivity index (χ1n) is 21.3. The molecule has 0 saturated carbocycles. The van der Waals surface area contributed by atoms with Gasteiger partial charge in [0.05, 0.1) is 64.2 Å². The van der Waals surface area contributed by atoms with Crippen LogP contribution in [0.1, 0.15) is 119 Å². The van der Waals surface area contributed by atoms with E-state index in [-0.39, 0.29) is 48.2 Å². The quantitative estimate of drug-likeness (QED) is 0.0263. The largest absolute Gasteiger partial charge is 0.515 e. The van der Waals surface area contributed by atoms with Crippen LogP contribution in [0.25, 0.3) is 6.08 Å². The van der Waals surface area contributed by atoms with Gasteiger partial charge in [0.25, 0.3) is 0 Å². The zero-order chi connectivity index (χ0) is 50.1. The van der Waals surface area contributed by atoms with Crippen molar-refractivity contribution in [3.05, 3.63) is 115 Å². The first kappa shape index (κ1) is 67.1. The van der Waals surface area contributed by atoms with Crippen molar-refractivity contribution in [3.8, 4) is 0 Å². The second kappa shape index (κ2) is 49.6. The van der Waals surface area contributed by atoms with Gasteiger partial charge in [-0.2, -0.15) is 0 Å². The molecule has 0 aliphatic rings. The molecule has 362 valence electrons. The van der Waals surface area contributed by atoms with E-state index in [9.17, 15) is 28.8 Å². The summed E-state index contributed by atoms with van der Waals surface area (Å²) in [4.78, 5) is 64.1. The van der Waals surface area contributed by atoms with Gasteiger partial charge in [-0.3, -0.25) is 0 Å². The highest BCUT2D eigenvalue weighted by molar-refractivity contribution is 5.92. The number of unbranched alkanes of at least 4 members (excludes halogenated alkanes) is 5. The van der Waals surface area contributed by atoms with Gasteiger partial charge in [-0.05, 0) is 65.0 Å². The molecular formula is C50H78O14. The lowest BCUT2D eigenvalue weighted by Crippen LogP contribution is -2.08. The Kier molecular flexibility index (Phi) is 52.0. The molecule has 1 aromatic rings. The van der Waals surface area contributed by atoms with Crippen molar-refractivity contribution in [1.29, 1.82) is 0 Å². The minimum absolute atomic E-state index is 0.0943. The Labute approximate surface area is 383 Å². The molecule has 0 fully saturated rings. The van der Waals surface area contributed by atoms with Crippen LogP contribution in [0, 0.1) is 0 Å². The summed E-state index contributed by atoms with van der Waals surface area (Å²) in [6, 6.07) is 9.50. The van der Waals surface area contributed by atoms with Gasteiger partial charge in [-0.25, -0.2) is 28.8 Å². The van der Waals surface area contributed by atoms with E-state index in [0.717, 1.165) is 50.4 Å². The molecule has 64 heavy (non-hydrogen) atoms. The zero-order valence-electron chi connectivity index (χ0n) is 40.1. The van der Waals surface area contributed by atoms with Crippen molar-refractivity contribution in [2.24, 2.45) is 0 Å². The molecule has 0 bridgehead atoms. The number of carbonyl (C=O) groups excluding carboxylic acids is 6. The second-order valence-corrected chi connectivity index (χ2v) is 13.0. The predicted octanol–water partition coefficient (Wildman–Crippen LogP) is 10.0. The summed E-state index contributed by atoms with van der Waals surface area (Å²) in [5.74, 6) is -2.26. The van der Waals surface area contributed by atoms with Crippen LogP contribution in [0.15, 0.2) is 110 Å². The fraction of sp³-hybridized carbons (Fsp3) is 0.480. The average molecular weight is 903 g/mol. The molecule has 14 nitrogen and oxygen atoms in total. The first-order valence-corrected chi connectivity index (χ1v) is 21.3. The highest BCUT2D eigenvalue weighted by Crippen LogP contribution is 2.07. The molecule has 2 N–H and O–H groups in total. The molecule has 14 heteroatoms. The zero-order valence-corrected chi connectivity index (χ0v) is 40.1. The number of hydrogen-bond acceptors (Lipinski definition) is 14. The normalized spacial score (nSPS) is 9.56. The predicted molar refractivity (Wildman–Crippen MR) is 254 cm³/mol. The monoisotopic (exact) mass is 903 g/mol. The molecule has 0 atom stereocenters. The van der Waals surface area contributed by atoms with Crippen molar-refractivity contribution in [1.82, 2.24) is 0 Å². The van der Waals surface area contributed by atoms with Gasteiger partial charge < -0.3 is 38.6 Å². The van der Waals surface area contributed by atoms with Crippen molar-refractivity contribution >= 4 is 41.9 Å². The summed E-state index contributed by atoms with van der Waals surface area (Å²) in [5.41, 5.74) is 2.64. The number of methoxy groups -OCH3 is 1. The Morgan fingerprint density at radius 3 is 1.47 bits per heavy atom. The Balaban J connectivity index is -0.000000223. The number of aliphatic hydroxyl groups excluding tert-OH is 2. The van der Waals surface area contributed by atoms with Crippen LogP contribution in [0.5, 0.6) is 0 Å². The SMILES string of the molecule is C=C(C)C(=O)OC.C=C(C)C(=O)OCCCC.C=C(CC)C(=O)OCCCCCC.C=C(CO)C(=O)OCC.C=CC(=O)OCCCC.CCOC(=O)C(C=Cc1ccccc1)=CO. The molecule has 0 radical (unpaired) electrons. The summed E-state index contributed by atoms with van der Waals surface area (Å²) < 4.78 is 28.0.